The quantitative estimate of drug-likeness (QED) is 0.544. The summed E-state index contributed by atoms with van der Waals surface area (Å²) in [6, 6.07) is 3.92. The average molecular weight is 301 g/mol. The van der Waals surface area contributed by atoms with Crippen LogP contribution < -0.4 is 27.3 Å². The number of halogens is 1. The summed E-state index contributed by atoms with van der Waals surface area (Å²) in [5, 5.41) is 0. The zero-order chi connectivity index (χ0) is 11.6. The first-order valence-electron chi connectivity index (χ1n) is 6.57. The highest BCUT2D eigenvalue weighted by molar-refractivity contribution is 5.32. The Kier molecular flexibility index (Phi) is 10.2. The molecular weight excluding hydrogens is 276 g/mol. The third kappa shape index (κ3) is 8.19. The molecule has 2 N–H and O–H groups in total. The fourth-order valence-electron chi connectivity index (χ4n) is 1.87. The van der Waals surface area contributed by atoms with Gasteiger partial charge in [-0.05, 0) is 6.42 Å². The van der Waals surface area contributed by atoms with Crippen molar-refractivity contribution >= 4 is 5.69 Å². The zero-order valence-electron chi connectivity index (χ0n) is 10.9. The number of hydrogen-bond donors (Lipinski definition) is 1. The highest BCUT2D eigenvalue weighted by atomic mass is 79.9. The van der Waals surface area contributed by atoms with Crippen molar-refractivity contribution in [3.8, 4) is 0 Å². The van der Waals surface area contributed by atoms with Gasteiger partial charge < -0.3 is 22.7 Å². The molecule has 0 radical (unpaired) electrons. The molecule has 1 aromatic rings. The summed E-state index contributed by atoms with van der Waals surface area (Å²) in [7, 11) is 0. The van der Waals surface area contributed by atoms with Gasteiger partial charge in [-0.1, -0.05) is 39.0 Å². The Balaban J connectivity index is 0.00000256. The van der Waals surface area contributed by atoms with Gasteiger partial charge in [0.2, 0.25) is 0 Å². The monoisotopic (exact) mass is 300 g/mol. The third-order valence-electron chi connectivity index (χ3n) is 2.94. The number of aryl methyl sites for hydroxylation is 1. The molecule has 0 aliphatic carbocycles. The maximum atomic E-state index is 5.64. The van der Waals surface area contributed by atoms with Crippen LogP contribution in [0.25, 0.3) is 0 Å². The molecule has 0 aromatic carbocycles. The van der Waals surface area contributed by atoms with Gasteiger partial charge in [0, 0.05) is 24.2 Å². The van der Waals surface area contributed by atoms with Gasteiger partial charge in [-0.3, -0.25) is 0 Å². The fraction of sp³-hybridized carbons (Fsp3) is 0.643. The lowest BCUT2D eigenvalue weighted by Crippen LogP contribution is -3.00. The second-order valence-corrected chi connectivity index (χ2v) is 4.49. The lowest BCUT2D eigenvalue weighted by molar-refractivity contribution is -0.697. The van der Waals surface area contributed by atoms with Crippen LogP contribution >= 0.6 is 0 Å². The number of nitrogens with two attached hydrogens (primary N) is 1. The largest absolute Gasteiger partial charge is 1.00 e. The molecule has 0 spiro atoms. The normalized spacial score (nSPS) is 9.94. The van der Waals surface area contributed by atoms with Crippen molar-refractivity contribution in [2.45, 2.75) is 58.4 Å². The summed E-state index contributed by atoms with van der Waals surface area (Å²) in [4.78, 5) is 0. The van der Waals surface area contributed by atoms with E-state index in [-0.39, 0.29) is 17.0 Å². The van der Waals surface area contributed by atoms with Crippen LogP contribution in [0, 0.1) is 0 Å². The van der Waals surface area contributed by atoms with Crippen molar-refractivity contribution in [1.29, 1.82) is 0 Å². The first-order valence-corrected chi connectivity index (χ1v) is 6.57. The number of aromatic nitrogens is 1. The molecule has 0 unspecified atom stereocenters. The maximum absolute atomic E-state index is 5.64. The minimum absolute atomic E-state index is 0. The zero-order valence-corrected chi connectivity index (χ0v) is 12.5. The molecule has 1 rings (SSSR count). The molecule has 0 amide bonds. The molecule has 1 aromatic heterocycles. The second kappa shape index (κ2) is 10.6. The third-order valence-corrected chi connectivity index (χ3v) is 2.94. The van der Waals surface area contributed by atoms with Gasteiger partial charge in [0.15, 0.2) is 12.4 Å². The van der Waals surface area contributed by atoms with Crippen molar-refractivity contribution in [2.75, 3.05) is 5.73 Å². The molecule has 0 aliphatic heterocycles. The summed E-state index contributed by atoms with van der Waals surface area (Å²) in [6.07, 6.45) is 13.7. The summed E-state index contributed by atoms with van der Waals surface area (Å²) in [6.45, 7) is 3.38. The van der Waals surface area contributed by atoms with Gasteiger partial charge in [-0.15, -0.1) is 0 Å². The van der Waals surface area contributed by atoms with Crippen molar-refractivity contribution in [3.05, 3.63) is 24.5 Å². The summed E-state index contributed by atoms with van der Waals surface area (Å²) in [5.41, 5.74) is 6.48. The Morgan fingerprint density at radius 3 is 2.06 bits per heavy atom. The SMILES string of the molecule is CCCCCCCCC[n+]1ccc(N)cc1.[Br-]. The van der Waals surface area contributed by atoms with Crippen LogP contribution in [0.15, 0.2) is 24.5 Å². The molecule has 98 valence electrons. The Bertz CT molecular complexity index is 272. The van der Waals surface area contributed by atoms with E-state index in [2.05, 4.69) is 23.9 Å². The minimum atomic E-state index is 0. The lowest BCUT2D eigenvalue weighted by Gasteiger charge is -1.99. The summed E-state index contributed by atoms with van der Waals surface area (Å²) < 4.78 is 2.21. The van der Waals surface area contributed by atoms with E-state index in [1.165, 1.54) is 44.9 Å². The van der Waals surface area contributed by atoms with Crippen LogP contribution in [-0.2, 0) is 6.54 Å². The summed E-state index contributed by atoms with van der Waals surface area (Å²) >= 11 is 0. The molecular formula is C14H25BrN2. The minimum Gasteiger partial charge on any atom is -1.00 e. The van der Waals surface area contributed by atoms with Gasteiger partial charge in [-0.25, -0.2) is 4.57 Å². The Morgan fingerprint density at radius 2 is 1.47 bits per heavy atom. The lowest BCUT2D eigenvalue weighted by atomic mass is 10.1. The van der Waals surface area contributed by atoms with E-state index in [0.717, 1.165) is 12.2 Å². The first-order chi connectivity index (χ1) is 7.83. The van der Waals surface area contributed by atoms with Crippen LogP contribution in [0.5, 0.6) is 0 Å². The maximum Gasteiger partial charge on any atom is 0.170 e. The van der Waals surface area contributed by atoms with Crippen LogP contribution in [0.3, 0.4) is 0 Å². The molecule has 17 heavy (non-hydrogen) atoms. The smallest absolute Gasteiger partial charge is 0.170 e. The van der Waals surface area contributed by atoms with Gasteiger partial charge in [0.25, 0.3) is 0 Å². The van der Waals surface area contributed by atoms with E-state index in [1.54, 1.807) is 0 Å². The number of unbranched alkanes of at least 4 members (excludes halogenated alkanes) is 6. The second-order valence-electron chi connectivity index (χ2n) is 4.49. The molecule has 1 heterocycles. The van der Waals surface area contributed by atoms with Gasteiger partial charge in [0.1, 0.15) is 6.54 Å². The Morgan fingerprint density at radius 1 is 0.941 bits per heavy atom. The Hall–Kier alpha value is -0.570. The van der Waals surface area contributed by atoms with Crippen LogP contribution in [0.2, 0.25) is 0 Å². The van der Waals surface area contributed by atoms with E-state index in [1.807, 2.05) is 12.1 Å². The predicted molar refractivity (Wildman–Crippen MR) is 69.0 cm³/mol. The predicted octanol–water partition coefficient (Wildman–Crippen LogP) is 0.311. The molecule has 0 atom stereocenters. The molecule has 3 heteroatoms. The average Bonchev–Trinajstić information content (AvgIpc) is 2.30. The fourth-order valence-corrected chi connectivity index (χ4v) is 1.87. The van der Waals surface area contributed by atoms with E-state index < -0.39 is 0 Å². The molecule has 0 aliphatic rings. The van der Waals surface area contributed by atoms with Crippen LogP contribution in [0.4, 0.5) is 5.69 Å². The van der Waals surface area contributed by atoms with Gasteiger partial charge >= 0.3 is 0 Å². The number of anilines is 1. The number of rotatable bonds is 8. The van der Waals surface area contributed by atoms with E-state index in [0.29, 0.717) is 0 Å². The van der Waals surface area contributed by atoms with Crippen LogP contribution in [0.1, 0.15) is 51.9 Å². The Labute approximate surface area is 116 Å². The highest BCUT2D eigenvalue weighted by Crippen LogP contribution is 2.06. The number of hydrogen-bond acceptors (Lipinski definition) is 1. The molecule has 2 nitrogen and oxygen atoms in total. The van der Waals surface area contributed by atoms with Gasteiger partial charge in [0.05, 0.1) is 0 Å². The molecule has 0 saturated carbocycles. The number of nitrogens with zero attached hydrogens (tertiary/aromatic N) is 1. The van der Waals surface area contributed by atoms with Gasteiger partial charge in [-0.2, -0.15) is 0 Å². The highest BCUT2D eigenvalue weighted by Gasteiger charge is 1.98. The standard InChI is InChI=1S/C14H24N2.BrH/c1-2-3-4-5-6-7-8-11-16-12-9-14(15)10-13-16;/h9-10,12-13,15H,2-8,11H2,1H3;1H. The first kappa shape index (κ1) is 16.4. The molecule has 0 saturated heterocycles. The number of pyridine rings is 1. The van der Waals surface area contributed by atoms with Crippen molar-refractivity contribution in [1.82, 2.24) is 0 Å². The van der Waals surface area contributed by atoms with Crippen molar-refractivity contribution < 1.29 is 21.5 Å². The van der Waals surface area contributed by atoms with Crippen molar-refractivity contribution in [2.24, 2.45) is 0 Å². The van der Waals surface area contributed by atoms with Crippen LogP contribution in [-0.4, -0.2) is 0 Å². The number of nitrogen functional groups attached to an aromatic ring is 1. The molecule has 0 fully saturated rings. The van der Waals surface area contributed by atoms with E-state index >= 15 is 0 Å². The topological polar surface area (TPSA) is 29.9 Å². The molecule has 0 bridgehead atoms. The summed E-state index contributed by atoms with van der Waals surface area (Å²) in [5.74, 6) is 0. The van der Waals surface area contributed by atoms with Crippen molar-refractivity contribution in [3.63, 3.8) is 0 Å². The van der Waals surface area contributed by atoms with E-state index in [4.69, 9.17) is 5.73 Å². The van der Waals surface area contributed by atoms with E-state index in [9.17, 15) is 0 Å².